The molecule has 0 unspecified atom stereocenters. The molecule has 0 spiro atoms. The number of hydrogen-bond acceptors (Lipinski definition) is 1. The van der Waals surface area contributed by atoms with Crippen molar-refractivity contribution < 1.29 is 0 Å². The summed E-state index contributed by atoms with van der Waals surface area (Å²) in [6, 6.07) is 2.04. The van der Waals surface area contributed by atoms with Gasteiger partial charge in [0.05, 0.1) is 6.07 Å². The fourth-order valence-corrected chi connectivity index (χ4v) is 4.49. The first-order valence-electron chi connectivity index (χ1n) is 9.06. The molecule has 0 heterocycles. The Kier molecular flexibility index (Phi) is 7.07. The average molecular weight is 285 g/mol. The molecule has 2 saturated carbocycles. The number of allylic oxidation sites excluding steroid dienone is 4. The molecule has 0 aromatic rings. The second-order valence-corrected chi connectivity index (χ2v) is 7.12. The molecule has 0 N–H and O–H groups in total. The van der Waals surface area contributed by atoms with E-state index in [4.69, 9.17) is 5.26 Å². The summed E-state index contributed by atoms with van der Waals surface area (Å²) in [5.74, 6) is 3.83. The molecular weight excluding hydrogens is 254 g/mol. The first-order chi connectivity index (χ1) is 10.3. The minimum Gasteiger partial charge on any atom is -0.193 e. The second-order valence-electron chi connectivity index (χ2n) is 7.12. The molecule has 0 amide bonds. The maximum atomic E-state index is 8.46. The van der Waals surface area contributed by atoms with Crippen LogP contribution in [0.1, 0.15) is 71.1 Å². The quantitative estimate of drug-likeness (QED) is 0.446. The lowest BCUT2D eigenvalue weighted by molar-refractivity contribution is 0.152. The Morgan fingerprint density at radius 1 is 0.905 bits per heavy atom. The average Bonchev–Trinajstić information content (AvgIpc) is 2.53. The molecule has 1 heteroatoms. The van der Waals surface area contributed by atoms with Gasteiger partial charge in [-0.15, -0.1) is 0 Å². The predicted octanol–water partition coefficient (Wildman–Crippen LogP) is 6.04. The van der Waals surface area contributed by atoms with Gasteiger partial charge in [-0.3, -0.25) is 0 Å². The fraction of sp³-hybridized carbons (Fsp3) is 0.750. The molecule has 2 aliphatic rings. The maximum Gasteiger partial charge on any atom is 0.0912 e. The summed E-state index contributed by atoms with van der Waals surface area (Å²) < 4.78 is 0. The zero-order chi connectivity index (χ0) is 14.9. The van der Waals surface area contributed by atoms with Gasteiger partial charge < -0.3 is 0 Å². The third-order valence-electron chi connectivity index (χ3n) is 5.74. The van der Waals surface area contributed by atoms with E-state index in [1.54, 1.807) is 6.08 Å². The Hall–Kier alpha value is -1.03. The van der Waals surface area contributed by atoms with Crippen molar-refractivity contribution in [2.24, 2.45) is 23.7 Å². The Bertz CT molecular complexity index is 371. The van der Waals surface area contributed by atoms with Crippen molar-refractivity contribution in [1.82, 2.24) is 0 Å². The molecule has 0 saturated heterocycles. The van der Waals surface area contributed by atoms with E-state index in [9.17, 15) is 0 Å². The highest BCUT2D eigenvalue weighted by Crippen LogP contribution is 2.42. The van der Waals surface area contributed by atoms with Crippen molar-refractivity contribution in [2.75, 3.05) is 0 Å². The van der Waals surface area contributed by atoms with Gasteiger partial charge in [0.1, 0.15) is 0 Å². The van der Waals surface area contributed by atoms with Crippen molar-refractivity contribution in [1.29, 1.82) is 5.26 Å². The van der Waals surface area contributed by atoms with Crippen LogP contribution in [0.4, 0.5) is 0 Å². The van der Waals surface area contributed by atoms with E-state index in [1.165, 1.54) is 64.2 Å². The lowest BCUT2D eigenvalue weighted by Crippen LogP contribution is -2.25. The molecule has 0 aromatic carbocycles. The van der Waals surface area contributed by atoms with Gasteiger partial charge in [-0.05, 0) is 62.2 Å². The third-order valence-corrected chi connectivity index (χ3v) is 5.74. The van der Waals surface area contributed by atoms with Gasteiger partial charge in [0.25, 0.3) is 0 Å². The molecular formula is C20H31N. The third kappa shape index (κ3) is 5.34. The molecule has 2 rings (SSSR count). The van der Waals surface area contributed by atoms with Crippen LogP contribution in [0.5, 0.6) is 0 Å². The molecule has 0 aliphatic heterocycles. The summed E-state index contributed by atoms with van der Waals surface area (Å²) in [5, 5.41) is 8.46. The molecule has 21 heavy (non-hydrogen) atoms. The standard InChI is InChI=1S/C20H31N/c1-2-6-17-8-12-19(13-9-17)20-14-10-18(11-15-20)7-4-3-5-16-21/h3-5,7,17-20H,2,6,8-15H2,1H3/b5-3+,7-4+. The highest BCUT2D eigenvalue weighted by atomic mass is 14.3. The van der Waals surface area contributed by atoms with E-state index in [1.807, 2.05) is 12.1 Å². The molecule has 116 valence electrons. The molecule has 0 radical (unpaired) electrons. The Morgan fingerprint density at radius 2 is 1.52 bits per heavy atom. The topological polar surface area (TPSA) is 23.8 Å². The molecule has 0 atom stereocenters. The predicted molar refractivity (Wildman–Crippen MR) is 89.7 cm³/mol. The largest absolute Gasteiger partial charge is 0.193 e. The Balaban J connectivity index is 1.69. The Labute approximate surface area is 131 Å². The van der Waals surface area contributed by atoms with E-state index in [-0.39, 0.29) is 0 Å². The zero-order valence-corrected chi connectivity index (χ0v) is 13.6. The molecule has 2 aliphatic carbocycles. The van der Waals surface area contributed by atoms with Gasteiger partial charge in [-0.1, -0.05) is 50.8 Å². The van der Waals surface area contributed by atoms with E-state index < -0.39 is 0 Å². The van der Waals surface area contributed by atoms with E-state index in [0.29, 0.717) is 0 Å². The summed E-state index contributed by atoms with van der Waals surface area (Å²) in [4.78, 5) is 0. The summed E-state index contributed by atoms with van der Waals surface area (Å²) in [6.45, 7) is 2.33. The highest BCUT2D eigenvalue weighted by Gasteiger charge is 2.29. The molecule has 0 bridgehead atoms. The van der Waals surface area contributed by atoms with Crippen LogP contribution in [0.15, 0.2) is 24.3 Å². The molecule has 2 fully saturated rings. The number of nitrogens with zero attached hydrogens (tertiary/aromatic N) is 1. The molecule has 1 nitrogen and oxygen atoms in total. The van der Waals surface area contributed by atoms with Crippen LogP contribution in [-0.4, -0.2) is 0 Å². The van der Waals surface area contributed by atoms with Crippen molar-refractivity contribution >= 4 is 0 Å². The van der Waals surface area contributed by atoms with Crippen molar-refractivity contribution in [3.63, 3.8) is 0 Å². The van der Waals surface area contributed by atoms with E-state index >= 15 is 0 Å². The van der Waals surface area contributed by atoms with E-state index in [0.717, 1.165) is 23.7 Å². The van der Waals surface area contributed by atoms with Crippen molar-refractivity contribution in [2.45, 2.75) is 71.1 Å². The minimum absolute atomic E-state index is 0.751. The summed E-state index contributed by atoms with van der Waals surface area (Å²) in [5.41, 5.74) is 0. The second kappa shape index (κ2) is 9.08. The van der Waals surface area contributed by atoms with Crippen LogP contribution in [-0.2, 0) is 0 Å². The number of rotatable bonds is 5. The van der Waals surface area contributed by atoms with Gasteiger partial charge in [0.2, 0.25) is 0 Å². The fourth-order valence-electron chi connectivity index (χ4n) is 4.49. The lowest BCUT2D eigenvalue weighted by atomic mass is 9.69. The first kappa shape index (κ1) is 16.3. The number of hydrogen-bond donors (Lipinski definition) is 0. The van der Waals surface area contributed by atoms with Gasteiger partial charge >= 0.3 is 0 Å². The number of nitriles is 1. The van der Waals surface area contributed by atoms with Gasteiger partial charge in [0, 0.05) is 6.08 Å². The smallest absolute Gasteiger partial charge is 0.0912 e. The SMILES string of the molecule is CCCC1CCC(C2CCC(/C=C/C=C/C#N)CC2)CC1. The van der Waals surface area contributed by atoms with Gasteiger partial charge in [0.15, 0.2) is 0 Å². The summed E-state index contributed by atoms with van der Waals surface area (Å²) in [7, 11) is 0. The monoisotopic (exact) mass is 285 g/mol. The van der Waals surface area contributed by atoms with Crippen LogP contribution < -0.4 is 0 Å². The van der Waals surface area contributed by atoms with Crippen molar-refractivity contribution in [3.8, 4) is 6.07 Å². The molecule has 0 aromatic heterocycles. The minimum atomic E-state index is 0.751. The maximum absolute atomic E-state index is 8.46. The van der Waals surface area contributed by atoms with Gasteiger partial charge in [-0.25, -0.2) is 0 Å². The highest BCUT2D eigenvalue weighted by molar-refractivity contribution is 5.12. The Morgan fingerprint density at radius 3 is 2.10 bits per heavy atom. The van der Waals surface area contributed by atoms with Crippen LogP contribution in [0.3, 0.4) is 0 Å². The van der Waals surface area contributed by atoms with Crippen LogP contribution in [0.25, 0.3) is 0 Å². The van der Waals surface area contributed by atoms with Crippen LogP contribution >= 0.6 is 0 Å². The van der Waals surface area contributed by atoms with Crippen molar-refractivity contribution in [3.05, 3.63) is 24.3 Å². The van der Waals surface area contributed by atoms with Gasteiger partial charge in [-0.2, -0.15) is 5.26 Å². The summed E-state index contributed by atoms with van der Waals surface area (Å²) >= 11 is 0. The van der Waals surface area contributed by atoms with Crippen LogP contribution in [0, 0.1) is 35.0 Å². The lowest BCUT2D eigenvalue weighted by Gasteiger charge is -2.37. The first-order valence-corrected chi connectivity index (χ1v) is 9.06. The van der Waals surface area contributed by atoms with Crippen LogP contribution in [0.2, 0.25) is 0 Å². The zero-order valence-electron chi connectivity index (χ0n) is 13.6. The summed E-state index contributed by atoms with van der Waals surface area (Å²) in [6.07, 6.45) is 22.2. The van der Waals surface area contributed by atoms with E-state index in [2.05, 4.69) is 19.1 Å². The normalized spacial score (nSPS) is 34.3.